The van der Waals surface area contributed by atoms with Gasteiger partial charge < -0.3 is 15.1 Å². The highest BCUT2D eigenvalue weighted by molar-refractivity contribution is 5.66. The van der Waals surface area contributed by atoms with Crippen LogP contribution in [0, 0.1) is 5.92 Å². The molecule has 1 unspecified atom stereocenters. The lowest BCUT2D eigenvalue weighted by atomic mass is 9.88. The van der Waals surface area contributed by atoms with E-state index in [0.717, 1.165) is 17.5 Å². The molecule has 1 aliphatic heterocycles. The highest BCUT2D eigenvalue weighted by atomic mass is 16.4. The highest BCUT2D eigenvalue weighted by Crippen LogP contribution is 2.35. The Kier molecular flexibility index (Phi) is 3.45. The summed E-state index contributed by atoms with van der Waals surface area (Å²) in [6.07, 6.45) is 0.619. The van der Waals surface area contributed by atoms with E-state index in [1.165, 1.54) is 4.90 Å². The number of phenols is 1. The standard InChI is InChI=1S/C14H19NO3/c1-9(2)7-13-12-4-3-11(16)8-10(12)5-6-15(13)14(17)18/h3-4,8-9,13,16H,5-7H2,1-2H3,(H,17,18). The van der Waals surface area contributed by atoms with Crippen LogP contribution in [-0.2, 0) is 6.42 Å². The van der Waals surface area contributed by atoms with Gasteiger partial charge in [-0.2, -0.15) is 0 Å². The number of hydrogen-bond donors (Lipinski definition) is 2. The topological polar surface area (TPSA) is 60.8 Å². The van der Waals surface area contributed by atoms with Gasteiger partial charge in [0.05, 0.1) is 6.04 Å². The van der Waals surface area contributed by atoms with Gasteiger partial charge in [0, 0.05) is 6.54 Å². The molecule has 1 amide bonds. The second-order valence-electron chi connectivity index (χ2n) is 5.25. The minimum Gasteiger partial charge on any atom is -0.508 e. The first-order valence-corrected chi connectivity index (χ1v) is 6.30. The van der Waals surface area contributed by atoms with Gasteiger partial charge in [0.25, 0.3) is 0 Å². The molecule has 0 saturated carbocycles. The van der Waals surface area contributed by atoms with Crippen molar-refractivity contribution in [3.05, 3.63) is 29.3 Å². The zero-order valence-corrected chi connectivity index (χ0v) is 10.8. The van der Waals surface area contributed by atoms with Crippen LogP contribution in [-0.4, -0.2) is 27.8 Å². The number of benzene rings is 1. The number of phenolic OH excluding ortho intramolecular Hbond substituents is 1. The Balaban J connectivity index is 2.38. The van der Waals surface area contributed by atoms with E-state index in [1.54, 1.807) is 12.1 Å². The summed E-state index contributed by atoms with van der Waals surface area (Å²) in [5.41, 5.74) is 2.10. The van der Waals surface area contributed by atoms with Crippen molar-refractivity contribution in [1.82, 2.24) is 4.90 Å². The molecule has 0 radical (unpaired) electrons. The van der Waals surface area contributed by atoms with Crippen molar-refractivity contribution in [2.45, 2.75) is 32.7 Å². The minimum absolute atomic E-state index is 0.0909. The average molecular weight is 249 g/mol. The lowest BCUT2D eigenvalue weighted by Crippen LogP contribution is -2.39. The number of rotatable bonds is 2. The van der Waals surface area contributed by atoms with E-state index in [9.17, 15) is 15.0 Å². The zero-order chi connectivity index (χ0) is 13.3. The van der Waals surface area contributed by atoms with E-state index in [4.69, 9.17) is 0 Å². The van der Waals surface area contributed by atoms with E-state index in [1.807, 2.05) is 6.07 Å². The Morgan fingerprint density at radius 3 is 2.83 bits per heavy atom. The van der Waals surface area contributed by atoms with Crippen LogP contribution in [0.5, 0.6) is 5.75 Å². The third kappa shape index (κ3) is 2.42. The van der Waals surface area contributed by atoms with Crippen LogP contribution in [0.3, 0.4) is 0 Å². The van der Waals surface area contributed by atoms with Crippen molar-refractivity contribution in [3.8, 4) is 5.75 Å². The van der Waals surface area contributed by atoms with E-state index in [2.05, 4.69) is 13.8 Å². The molecule has 1 aromatic carbocycles. The molecular formula is C14H19NO3. The summed E-state index contributed by atoms with van der Waals surface area (Å²) in [6.45, 7) is 4.69. The van der Waals surface area contributed by atoms with Crippen LogP contribution in [0.25, 0.3) is 0 Å². The normalized spacial score (nSPS) is 18.8. The number of carbonyl (C=O) groups is 1. The second kappa shape index (κ2) is 4.88. The lowest BCUT2D eigenvalue weighted by molar-refractivity contribution is 0.113. The number of hydrogen-bond acceptors (Lipinski definition) is 2. The smallest absolute Gasteiger partial charge is 0.407 e. The number of carboxylic acid groups (broad SMARTS) is 1. The summed E-state index contributed by atoms with van der Waals surface area (Å²) < 4.78 is 0. The molecule has 1 heterocycles. The monoisotopic (exact) mass is 249 g/mol. The number of nitrogens with zero attached hydrogens (tertiary/aromatic N) is 1. The summed E-state index contributed by atoms with van der Waals surface area (Å²) in [5, 5.41) is 18.8. The summed E-state index contributed by atoms with van der Waals surface area (Å²) >= 11 is 0. The molecule has 98 valence electrons. The maximum Gasteiger partial charge on any atom is 0.407 e. The fraction of sp³-hybridized carbons (Fsp3) is 0.500. The minimum atomic E-state index is -0.862. The first-order valence-electron chi connectivity index (χ1n) is 6.30. The van der Waals surface area contributed by atoms with Crippen LogP contribution in [0.2, 0.25) is 0 Å². The van der Waals surface area contributed by atoms with Crippen LogP contribution in [0.4, 0.5) is 4.79 Å². The van der Waals surface area contributed by atoms with Gasteiger partial charge in [-0.25, -0.2) is 4.79 Å². The first-order chi connectivity index (χ1) is 8.49. The van der Waals surface area contributed by atoms with Crippen molar-refractivity contribution >= 4 is 6.09 Å². The molecule has 0 bridgehead atoms. The number of aromatic hydroxyl groups is 1. The Labute approximate surface area is 107 Å². The number of amides is 1. The third-order valence-corrected chi connectivity index (χ3v) is 3.42. The molecule has 1 aliphatic rings. The van der Waals surface area contributed by atoms with E-state index in [-0.39, 0.29) is 11.8 Å². The van der Waals surface area contributed by atoms with E-state index >= 15 is 0 Å². The third-order valence-electron chi connectivity index (χ3n) is 3.42. The fourth-order valence-electron chi connectivity index (χ4n) is 2.63. The summed E-state index contributed by atoms with van der Waals surface area (Å²) in [7, 11) is 0. The van der Waals surface area contributed by atoms with Gasteiger partial charge in [0.15, 0.2) is 0 Å². The molecule has 18 heavy (non-hydrogen) atoms. The van der Waals surface area contributed by atoms with Crippen LogP contribution in [0.1, 0.15) is 37.4 Å². The van der Waals surface area contributed by atoms with Gasteiger partial charge >= 0.3 is 6.09 Å². The maximum absolute atomic E-state index is 11.3. The van der Waals surface area contributed by atoms with Gasteiger partial charge in [-0.15, -0.1) is 0 Å². The summed E-state index contributed by atoms with van der Waals surface area (Å²) in [5.74, 6) is 0.678. The molecule has 2 N–H and O–H groups in total. The maximum atomic E-state index is 11.3. The fourth-order valence-corrected chi connectivity index (χ4v) is 2.63. The quantitative estimate of drug-likeness (QED) is 0.847. The van der Waals surface area contributed by atoms with Crippen molar-refractivity contribution in [3.63, 3.8) is 0 Å². The molecule has 0 aliphatic carbocycles. The zero-order valence-electron chi connectivity index (χ0n) is 10.8. The van der Waals surface area contributed by atoms with Crippen LogP contribution in [0.15, 0.2) is 18.2 Å². The molecule has 4 heteroatoms. The Hall–Kier alpha value is -1.71. The van der Waals surface area contributed by atoms with Crippen molar-refractivity contribution < 1.29 is 15.0 Å². The molecule has 4 nitrogen and oxygen atoms in total. The van der Waals surface area contributed by atoms with Gasteiger partial charge in [-0.05, 0) is 42.0 Å². The van der Waals surface area contributed by atoms with Crippen molar-refractivity contribution in [1.29, 1.82) is 0 Å². The Morgan fingerprint density at radius 2 is 2.22 bits per heavy atom. The Morgan fingerprint density at radius 1 is 1.50 bits per heavy atom. The van der Waals surface area contributed by atoms with E-state index < -0.39 is 6.09 Å². The molecule has 2 rings (SSSR count). The molecule has 0 spiro atoms. The molecule has 1 atom stereocenters. The predicted octanol–water partition coefficient (Wildman–Crippen LogP) is 3.02. The highest BCUT2D eigenvalue weighted by Gasteiger charge is 2.31. The van der Waals surface area contributed by atoms with Crippen molar-refractivity contribution in [2.75, 3.05) is 6.54 Å². The second-order valence-corrected chi connectivity index (χ2v) is 5.25. The summed E-state index contributed by atoms with van der Waals surface area (Å²) in [4.78, 5) is 12.8. The molecule has 0 aromatic heterocycles. The SMILES string of the molecule is CC(C)CC1c2ccc(O)cc2CCN1C(=O)O. The molecule has 1 aromatic rings. The molecular weight excluding hydrogens is 230 g/mol. The van der Waals surface area contributed by atoms with Gasteiger partial charge in [-0.1, -0.05) is 19.9 Å². The predicted molar refractivity (Wildman–Crippen MR) is 68.7 cm³/mol. The van der Waals surface area contributed by atoms with Gasteiger partial charge in [0.2, 0.25) is 0 Å². The Bertz CT molecular complexity index is 456. The van der Waals surface area contributed by atoms with Gasteiger partial charge in [0.1, 0.15) is 5.75 Å². The van der Waals surface area contributed by atoms with Crippen LogP contribution < -0.4 is 0 Å². The largest absolute Gasteiger partial charge is 0.508 e. The molecule has 0 saturated heterocycles. The summed E-state index contributed by atoms with van der Waals surface area (Å²) in [6, 6.07) is 5.15. The average Bonchev–Trinajstić information content (AvgIpc) is 2.27. The number of fused-ring (bicyclic) bond motifs is 1. The van der Waals surface area contributed by atoms with Gasteiger partial charge in [-0.3, -0.25) is 0 Å². The van der Waals surface area contributed by atoms with Crippen molar-refractivity contribution in [2.24, 2.45) is 5.92 Å². The first kappa shape index (κ1) is 12.7. The van der Waals surface area contributed by atoms with Crippen LogP contribution >= 0.6 is 0 Å². The molecule has 0 fully saturated rings. The van der Waals surface area contributed by atoms with E-state index in [0.29, 0.717) is 18.9 Å². The lowest BCUT2D eigenvalue weighted by Gasteiger charge is -2.36.